The third kappa shape index (κ3) is 3.85. The van der Waals surface area contributed by atoms with Gasteiger partial charge in [0.1, 0.15) is 5.60 Å². The average molecular weight is 457 g/mol. The fraction of sp³-hybridized carbons (Fsp3) is 0.833. The fourth-order valence-corrected chi connectivity index (χ4v) is 9.17. The van der Waals surface area contributed by atoms with Gasteiger partial charge in [0, 0.05) is 12.3 Å². The predicted octanol–water partition coefficient (Wildman–Crippen LogP) is 7.24. The molecule has 0 aromatic carbocycles. The van der Waals surface area contributed by atoms with Gasteiger partial charge < -0.3 is 9.84 Å². The number of aliphatic hydroxyl groups is 1. The van der Waals surface area contributed by atoms with Gasteiger partial charge in [0.05, 0.1) is 6.61 Å². The Hall–Kier alpha value is -1.09. The van der Waals surface area contributed by atoms with Crippen LogP contribution in [0.25, 0.3) is 0 Å². The van der Waals surface area contributed by atoms with E-state index in [1.807, 2.05) is 6.92 Å². The van der Waals surface area contributed by atoms with Crippen LogP contribution in [0.1, 0.15) is 106 Å². The molecule has 1 saturated heterocycles. The maximum atomic E-state index is 12.4. The molecular formula is C30H48O3. The molecular weight excluding hydrogens is 408 g/mol. The molecule has 3 aliphatic carbocycles. The molecule has 3 heteroatoms. The van der Waals surface area contributed by atoms with Crippen LogP contribution in [-0.2, 0) is 9.53 Å². The summed E-state index contributed by atoms with van der Waals surface area (Å²) in [6.45, 7) is 16.6. The second-order valence-electron chi connectivity index (χ2n) is 13.3. The highest BCUT2D eigenvalue weighted by Gasteiger charge is 2.64. The van der Waals surface area contributed by atoms with Gasteiger partial charge in [0.15, 0.2) is 0 Å². The molecule has 0 amide bonds. The highest BCUT2D eigenvalue weighted by Crippen LogP contribution is 2.72. The molecule has 3 nitrogen and oxygen atoms in total. The van der Waals surface area contributed by atoms with Crippen LogP contribution < -0.4 is 0 Å². The number of cyclic esters (lactones) is 1. The number of hydrogen-bond acceptors (Lipinski definition) is 3. The van der Waals surface area contributed by atoms with E-state index in [1.54, 1.807) is 5.57 Å². The molecule has 2 saturated carbocycles. The van der Waals surface area contributed by atoms with Crippen LogP contribution in [-0.4, -0.2) is 23.3 Å². The lowest BCUT2D eigenvalue weighted by Gasteiger charge is -2.61. The Morgan fingerprint density at radius 2 is 1.91 bits per heavy atom. The first-order valence-electron chi connectivity index (χ1n) is 13.6. The van der Waals surface area contributed by atoms with Crippen molar-refractivity contribution in [2.45, 2.75) is 112 Å². The summed E-state index contributed by atoms with van der Waals surface area (Å²) in [6, 6.07) is 0. The lowest BCUT2D eigenvalue weighted by molar-refractivity contribution is -0.163. The van der Waals surface area contributed by atoms with Crippen molar-refractivity contribution in [3.05, 3.63) is 23.3 Å². The minimum absolute atomic E-state index is 0.00993. The molecule has 1 aliphatic heterocycles. The van der Waals surface area contributed by atoms with Crippen molar-refractivity contribution in [1.29, 1.82) is 0 Å². The second-order valence-corrected chi connectivity index (χ2v) is 13.3. The highest BCUT2D eigenvalue weighted by atomic mass is 16.6. The highest BCUT2D eigenvalue weighted by molar-refractivity contribution is 5.70. The molecule has 0 unspecified atom stereocenters. The molecule has 1 N–H and O–H groups in total. The SMILES string of the molecule is C/C(=C/CC[C@H](C)[C@@H]1CC[C@]2(C)C3=CC[C@H]4C(C)(C)OC(=O)CC[C@]4(C)[C@H]3CC[C@@]12C)CO. The second kappa shape index (κ2) is 8.54. The van der Waals surface area contributed by atoms with Gasteiger partial charge >= 0.3 is 5.97 Å². The lowest BCUT2D eigenvalue weighted by Crippen LogP contribution is -2.55. The van der Waals surface area contributed by atoms with Crippen molar-refractivity contribution in [3.8, 4) is 0 Å². The lowest BCUT2D eigenvalue weighted by atomic mass is 9.44. The first-order valence-corrected chi connectivity index (χ1v) is 13.6. The topological polar surface area (TPSA) is 46.5 Å². The summed E-state index contributed by atoms with van der Waals surface area (Å²) < 4.78 is 5.97. The number of rotatable bonds is 5. The van der Waals surface area contributed by atoms with Crippen molar-refractivity contribution in [2.75, 3.05) is 6.61 Å². The quantitative estimate of drug-likeness (QED) is 0.350. The Labute approximate surface area is 202 Å². The normalized spacial score (nSPS) is 43.5. The minimum atomic E-state index is -0.390. The zero-order valence-electron chi connectivity index (χ0n) is 22.3. The van der Waals surface area contributed by atoms with E-state index < -0.39 is 0 Å². The van der Waals surface area contributed by atoms with E-state index in [1.165, 1.54) is 32.1 Å². The van der Waals surface area contributed by atoms with Gasteiger partial charge in [0.25, 0.3) is 0 Å². The molecule has 0 aromatic heterocycles. The molecule has 33 heavy (non-hydrogen) atoms. The van der Waals surface area contributed by atoms with E-state index in [-0.39, 0.29) is 29.0 Å². The Morgan fingerprint density at radius 1 is 1.18 bits per heavy atom. The first kappa shape index (κ1) is 25.0. The Balaban J connectivity index is 1.61. The fourth-order valence-electron chi connectivity index (χ4n) is 9.17. The van der Waals surface area contributed by atoms with Gasteiger partial charge in [-0.2, -0.15) is 0 Å². The van der Waals surface area contributed by atoms with E-state index in [2.05, 4.69) is 53.7 Å². The molecule has 186 valence electrons. The van der Waals surface area contributed by atoms with E-state index in [9.17, 15) is 9.90 Å². The molecule has 0 aromatic rings. The Morgan fingerprint density at radius 3 is 2.61 bits per heavy atom. The van der Waals surface area contributed by atoms with E-state index >= 15 is 0 Å². The molecule has 4 rings (SSSR count). The van der Waals surface area contributed by atoms with Gasteiger partial charge in [-0.15, -0.1) is 0 Å². The van der Waals surface area contributed by atoms with Crippen LogP contribution in [0.4, 0.5) is 0 Å². The summed E-state index contributed by atoms with van der Waals surface area (Å²) in [5.41, 5.74) is 3.18. The summed E-state index contributed by atoms with van der Waals surface area (Å²) in [6.07, 6.45) is 14.9. The van der Waals surface area contributed by atoms with Crippen molar-refractivity contribution >= 4 is 5.97 Å². The molecule has 0 radical (unpaired) electrons. The van der Waals surface area contributed by atoms with Crippen LogP contribution in [0.2, 0.25) is 0 Å². The van der Waals surface area contributed by atoms with Crippen LogP contribution in [0.5, 0.6) is 0 Å². The monoisotopic (exact) mass is 456 g/mol. The van der Waals surface area contributed by atoms with Gasteiger partial charge in [-0.25, -0.2) is 0 Å². The zero-order chi connectivity index (χ0) is 24.2. The summed E-state index contributed by atoms with van der Waals surface area (Å²) in [7, 11) is 0. The number of fused-ring (bicyclic) bond motifs is 5. The average Bonchev–Trinajstić information content (AvgIpc) is 2.98. The zero-order valence-corrected chi connectivity index (χ0v) is 22.3. The van der Waals surface area contributed by atoms with Crippen LogP contribution in [0.15, 0.2) is 23.3 Å². The van der Waals surface area contributed by atoms with Gasteiger partial charge in [0.2, 0.25) is 0 Å². The third-order valence-electron chi connectivity index (χ3n) is 11.3. The van der Waals surface area contributed by atoms with Crippen molar-refractivity contribution in [1.82, 2.24) is 0 Å². The van der Waals surface area contributed by atoms with Crippen molar-refractivity contribution in [2.24, 2.45) is 39.9 Å². The van der Waals surface area contributed by atoms with Gasteiger partial charge in [-0.1, -0.05) is 51.0 Å². The van der Waals surface area contributed by atoms with Crippen LogP contribution in [0, 0.1) is 39.9 Å². The van der Waals surface area contributed by atoms with E-state index in [4.69, 9.17) is 4.74 Å². The molecule has 3 fully saturated rings. The molecule has 4 aliphatic rings. The van der Waals surface area contributed by atoms with Crippen molar-refractivity contribution < 1.29 is 14.6 Å². The largest absolute Gasteiger partial charge is 0.459 e. The smallest absolute Gasteiger partial charge is 0.306 e. The number of esters is 1. The van der Waals surface area contributed by atoms with E-state index in [0.29, 0.717) is 29.6 Å². The summed E-state index contributed by atoms with van der Waals surface area (Å²) in [5.74, 6) is 2.42. The number of allylic oxidation sites excluding steroid dienone is 3. The Bertz CT molecular complexity index is 837. The van der Waals surface area contributed by atoms with Gasteiger partial charge in [-0.3, -0.25) is 4.79 Å². The minimum Gasteiger partial charge on any atom is -0.459 e. The standard InChI is InChI=1S/C30H48O3/c1-20(19-31)9-8-10-21(2)22-13-17-30(7)24-11-12-25-27(3,4)33-26(32)15-16-28(25,5)23(24)14-18-29(22,30)6/h9,11,21-23,25,31H,8,10,12-19H2,1-7H3/b20-9-/t21-,22-,23-,25-,28+,29-,30+/m0/s1. The molecule has 7 atom stereocenters. The number of hydrogen-bond donors (Lipinski definition) is 1. The maximum absolute atomic E-state index is 12.4. The molecule has 1 heterocycles. The number of ether oxygens (including phenoxy) is 1. The summed E-state index contributed by atoms with van der Waals surface area (Å²) in [4.78, 5) is 12.4. The van der Waals surface area contributed by atoms with Gasteiger partial charge in [-0.05, 0) is 106 Å². The van der Waals surface area contributed by atoms with E-state index in [0.717, 1.165) is 30.8 Å². The Kier molecular flexibility index (Phi) is 6.47. The third-order valence-corrected chi connectivity index (χ3v) is 11.3. The first-order chi connectivity index (χ1) is 15.4. The van der Waals surface area contributed by atoms with Crippen LogP contribution >= 0.6 is 0 Å². The number of carbonyl (C=O) groups excluding carboxylic acids is 1. The number of carbonyl (C=O) groups is 1. The molecule has 0 spiro atoms. The van der Waals surface area contributed by atoms with Crippen molar-refractivity contribution in [3.63, 3.8) is 0 Å². The predicted molar refractivity (Wildman–Crippen MR) is 135 cm³/mol. The number of aliphatic hydroxyl groups excluding tert-OH is 1. The maximum Gasteiger partial charge on any atom is 0.306 e. The molecule has 0 bridgehead atoms. The summed E-state index contributed by atoms with van der Waals surface area (Å²) >= 11 is 0. The summed E-state index contributed by atoms with van der Waals surface area (Å²) in [5, 5.41) is 9.32. The van der Waals surface area contributed by atoms with Crippen LogP contribution in [0.3, 0.4) is 0 Å².